The number of hydrogen-bond donors (Lipinski definition) is 1. The summed E-state index contributed by atoms with van der Waals surface area (Å²) in [5.41, 5.74) is 0.556. The van der Waals surface area contributed by atoms with Gasteiger partial charge in [0.2, 0.25) is 5.91 Å². The average molecular weight is 251 g/mol. The molecule has 1 saturated heterocycles. The Labute approximate surface area is 105 Å². The normalized spacial score (nSPS) is 18.5. The van der Waals surface area contributed by atoms with Crippen molar-refractivity contribution in [2.24, 2.45) is 7.05 Å². The molecule has 6 heteroatoms. The molecule has 1 aliphatic heterocycles. The fourth-order valence-electron chi connectivity index (χ4n) is 2.31. The average Bonchev–Trinajstić information content (AvgIpc) is 2.61. The van der Waals surface area contributed by atoms with E-state index in [4.69, 9.17) is 0 Å². The van der Waals surface area contributed by atoms with Gasteiger partial charge in [-0.25, -0.2) is 4.79 Å². The molecular weight excluding hydrogens is 234 g/mol. The van der Waals surface area contributed by atoms with Gasteiger partial charge in [0.15, 0.2) is 6.04 Å². The lowest BCUT2D eigenvalue weighted by Crippen LogP contribution is -2.38. The fourth-order valence-corrected chi connectivity index (χ4v) is 2.31. The first kappa shape index (κ1) is 12.6. The SMILES string of the molecule is Cn1cc(C(C(=O)O)N2CCCCCC2=O)cn1. The number of rotatable bonds is 3. The number of carboxylic acids is 1. The van der Waals surface area contributed by atoms with E-state index in [0.29, 0.717) is 18.5 Å². The molecule has 0 aliphatic carbocycles. The van der Waals surface area contributed by atoms with E-state index in [1.54, 1.807) is 17.9 Å². The van der Waals surface area contributed by atoms with Crippen LogP contribution >= 0.6 is 0 Å². The molecule has 2 heterocycles. The number of nitrogens with zero attached hydrogens (tertiary/aromatic N) is 3. The van der Waals surface area contributed by atoms with Gasteiger partial charge in [-0.2, -0.15) is 5.10 Å². The summed E-state index contributed by atoms with van der Waals surface area (Å²) >= 11 is 0. The van der Waals surface area contributed by atoms with Crippen LogP contribution in [-0.4, -0.2) is 38.2 Å². The summed E-state index contributed by atoms with van der Waals surface area (Å²) in [6.45, 7) is 0.505. The molecule has 1 aliphatic rings. The van der Waals surface area contributed by atoms with Crippen LogP contribution in [0, 0.1) is 0 Å². The number of aryl methyl sites for hydroxylation is 1. The summed E-state index contributed by atoms with van der Waals surface area (Å²) in [5.74, 6) is -1.08. The molecule has 0 bridgehead atoms. The zero-order valence-corrected chi connectivity index (χ0v) is 10.4. The maximum atomic E-state index is 12.0. The molecule has 1 amide bonds. The van der Waals surface area contributed by atoms with Crippen molar-refractivity contribution in [2.45, 2.75) is 31.7 Å². The lowest BCUT2D eigenvalue weighted by atomic mass is 10.1. The Bertz CT molecular complexity index is 455. The van der Waals surface area contributed by atoms with Crippen molar-refractivity contribution in [3.8, 4) is 0 Å². The molecule has 0 aromatic carbocycles. The zero-order valence-electron chi connectivity index (χ0n) is 10.4. The Morgan fingerprint density at radius 1 is 1.44 bits per heavy atom. The Hall–Kier alpha value is -1.85. The van der Waals surface area contributed by atoms with E-state index in [0.717, 1.165) is 19.3 Å². The number of aromatic nitrogens is 2. The predicted molar refractivity (Wildman–Crippen MR) is 63.8 cm³/mol. The van der Waals surface area contributed by atoms with Crippen molar-refractivity contribution in [1.29, 1.82) is 0 Å². The summed E-state index contributed by atoms with van der Waals surface area (Å²) in [7, 11) is 1.73. The Balaban J connectivity index is 2.29. The van der Waals surface area contributed by atoms with Gasteiger partial charge in [-0.05, 0) is 12.8 Å². The number of amides is 1. The lowest BCUT2D eigenvalue weighted by molar-refractivity contribution is -0.150. The monoisotopic (exact) mass is 251 g/mol. The van der Waals surface area contributed by atoms with Gasteiger partial charge in [-0.1, -0.05) is 6.42 Å². The lowest BCUT2D eigenvalue weighted by Gasteiger charge is -2.26. The Kier molecular flexibility index (Phi) is 3.64. The van der Waals surface area contributed by atoms with E-state index < -0.39 is 12.0 Å². The number of hydrogen-bond acceptors (Lipinski definition) is 3. The van der Waals surface area contributed by atoms with Crippen molar-refractivity contribution in [3.05, 3.63) is 18.0 Å². The number of carbonyl (C=O) groups excluding carboxylic acids is 1. The van der Waals surface area contributed by atoms with E-state index >= 15 is 0 Å². The van der Waals surface area contributed by atoms with Gasteiger partial charge in [0.25, 0.3) is 0 Å². The molecule has 98 valence electrons. The minimum absolute atomic E-state index is 0.0799. The van der Waals surface area contributed by atoms with Gasteiger partial charge in [0.05, 0.1) is 6.20 Å². The quantitative estimate of drug-likeness (QED) is 0.867. The summed E-state index contributed by atoms with van der Waals surface area (Å²) < 4.78 is 1.55. The van der Waals surface area contributed by atoms with Crippen LogP contribution in [0.1, 0.15) is 37.3 Å². The molecular formula is C12H17N3O3. The molecule has 2 rings (SSSR count). The van der Waals surface area contributed by atoms with Gasteiger partial charge in [-0.15, -0.1) is 0 Å². The van der Waals surface area contributed by atoms with Crippen LogP contribution in [0.15, 0.2) is 12.4 Å². The van der Waals surface area contributed by atoms with Crippen LogP contribution in [-0.2, 0) is 16.6 Å². The highest BCUT2D eigenvalue weighted by atomic mass is 16.4. The number of likely N-dealkylation sites (tertiary alicyclic amines) is 1. The Morgan fingerprint density at radius 2 is 2.22 bits per heavy atom. The van der Waals surface area contributed by atoms with E-state index in [1.807, 2.05) is 0 Å². The molecule has 0 spiro atoms. The Morgan fingerprint density at radius 3 is 2.83 bits per heavy atom. The van der Waals surface area contributed by atoms with Crippen LogP contribution in [0.25, 0.3) is 0 Å². The minimum Gasteiger partial charge on any atom is -0.479 e. The molecule has 0 saturated carbocycles. The first-order valence-corrected chi connectivity index (χ1v) is 6.10. The third-order valence-corrected chi connectivity index (χ3v) is 3.20. The largest absolute Gasteiger partial charge is 0.479 e. The first-order chi connectivity index (χ1) is 8.59. The van der Waals surface area contributed by atoms with Crippen molar-refractivity contribution in [1.82, 2.24) is 14.7 Å². The van der Waals surface area contributed by atoms with E-state index in [9.17, 15) is 14.7 Å². The molecule has 1 aromatic rings. The topological polar surface area (TPSA) is 75.4 Å². The van der Waals surface area contributed by atoms with Crippen molar-refractivity contribution in [2.75, 3.05) is 6.54 Å². The second-order valence-electron chi connectivity index (χ2n) is 4.59. The second kappa shape index (κ2) is 5.20. The van der Waals surface area contributed by atoms with E-state index in [-0.39, 0.29) is 5.91 Å². The molecule has 1 atom stereocenters. The van der Waals surface area contributed by atoms with Crippen LogP contribution < -0.4 is 0 Å². The zero-order chi connectivity index (χ0) is 13.1. The maximum absolute atomic E-state index is 12.0. The van der Waals surface area contributed by atoms with Crippen molar-refractivity contribution < 1.29 is 14.7 Å². The number of carboxylic acid groups (broad SMARTS) is 1. The predicted octanol–water partition coefficient (Wildman–Crippen LogP) is 0.948. The van der Waals surface area contributed by atoms with E-state index in [1.165, 1.54) is 11.1 Å². The van der Waals surface area contributed by atoms with Gasteiger partial charge in [0.1, 0.15) is 0 Å². The van der Waals surface area contributed by atoms with Crippen LogP contribution in [0.5, 0.6) is 0 Å². The summed E-state index contributed by atoms with van der Waals surface area (Å²) in [6.07, 6.45) is 6.27. The minimum atomic E-state index is -1.00. The molecule has 1 N–H and O–H groups in total. The summed E-state index contributed by atoms with van der Waals surface area (Å²) in [5, 5.41) is 13.3. The smallest absolute Gasteiger partial charge is 0.331 e. The van der Waals surface area contributed by atoms with Crippen LogP contribution in [0.2, 0.25) is 0 Å². The molecule has 0 radical (unpaired) electrons. The number of aliphatic carboxylic acids is 1. The van der Waals surface area contributed by atoms with Crippen molar-refractivity contribution in [3.63, 3.8) is 0 Å². The van der Waals surface area contributed by atoms with Crippen LogP contribution in [0.3, 0.4) is 0 Å². The highest BCUT2D eigenvalue weighted by Gasteiger charge is 2.32. The summed E-state index contributed by atoms with van der Waals surface area (Å²) in [6, 6.07) is -0.913. The first-order valence-electron chi connectivity index (χ1n) is 6.10. The second-order valence-corrected chi connectivity index (χ2v) is 4.59. The highest BCUT2D eigenvalue weighted by Crippen LogP contribution is 2.24. The highest BCUT2D eigenvalue weighted by molar-refractivity contribution is 5.84. The molecule has 1 aromatic heterocycles. The standard InChI is InChI=1S/C12H17N3O3/c1-14-8-9(7-13-14)11(12(17)18)15-6-4-2-3-5-10(15)16/h7-8,11H,2-6H2,1H3,(H,17,18). The third kappa shape index (κ3) is 2.52. The van der Waals surface area contributed by atoms with E-state index in [2.05, 4.69) is 5.10 Å². The number of carbonyl (C=O) groups is 2. The van der Waals surface area contributed by atoms with Gasteiger partial charge in [-0.3, -0.25) is 9.48 Å². The summed E-state index contributed by atoms with van der Waals surface area (Å²) in [4.78, 5) is 24.9. The van der Waals surface area contributed by atoms with Crippen LogP contribution in [0.4, 0.5) is 0 Å². The van der Waals surface area contributed by atoms with Crippen molar-refractivity contribution >= 4 is 11.9 Å². The maximum Gasteiger partial charge on any atom is 0.331 e. The molecule has 6 nitrogen and oxygen atoms in total. The van der Waals surface area contributed by atoms with Gasteiger partial charge >= 0.3 is 5.97 Å². The molecule has 1 unspecified atom stereocenters. The molecule has 1 fully saturated rings. The van der Waals surface area contributed by atoms with Gasteiger partial charge < -0.3 is 10.0 Å². The fraction of sp³-hybridized carbons (Fsp3) is 0.583. The van der Waals surface area contributed by atoms with Gasteiger partial charge in [0, 0.05) is 31.8 Å². The molecule has 18 heavy (non-hydrogen) atoms. The third-order valence-electron chi connectivity index (χ3n) is 3.20.